The molecule has 0 bridgehead atoms. The third-order valence-electron chi connectivity index (χ3n) is 7.20. The summed E-state index contributed by atoms with van der Waals surface area (Å²) < 4.78 is 18.7. The molecule has 1 aromatic heterocycles. The van der Waals surface area contributed by atoms with Gasteiger partial charge in [-0.2, -0.15) is 5.26 Å². The SMILES string of the molecule is CC(C)(C)[Si](C)(C)O[C@H](c1ccc(OCCC#N)cc1)[C@H]1CO[C@H](c2c[nH]c3ccccc23)C(=O)N1. The lowest BCUT2D eigenvalue weighted by Crippen LogP contribution is -2.53. The zero-order valence-corrected chi connectivity index (χ0v) is 22.6. The van der Waals surface area contributed by atoms with Crippen LogP contribution in [0.2, 0.25) is 18.1 Å². The zero-order chi connectivity index (χ0) is 25.9. The summed E-state index contributed by atoms with van der Waals surface area (Å²) in [7, 11) is -2.18. The molecule has 1 aliphatic heterocycles. The number of carbonyl (C=O) groups is 1. The number of nitrogens with zero attached hydrogens (tertiary/aromatic N) is 1. The van der Waals surface area contributed by atoms with Gasteiger partial charge in [0.1, 0.15) is 12.4 Å². The average Bonchev–Trinajstić information content (AvgIpc) is 3.26. The molecule has 36 heavy (non-hydrogen) atoms. The van der Waals surface area contributed by atoms with E-state index in [9.17, 15) is 4.79 Å². The minimum absolute atomic E-state index is 0.00228. The highest BCUT2D eigenvalue weighted by Gasteiger charge is 2.43. The van der Waals surface area contributed by atoms with Gasteiger partial charge in [0.05, 0.1) is 31.2 Å². The predicted octanol–water partition coefficient (Wildman–Crippen LogP) is 5.78. The average molecular weight is 506 g/mol. The number of fused-ring (bicyclic) bond motifs is 1. The van der Waals surface area contributed by atoms with Crippen molar-refractivity contribution in [2.45, 2.75) is 63.6 Å². The summed E-state index contributed by atoms with van der Waals surface area (Å²) in [5, 5.41) is 12.9. The van der Waals surface area contributed by atoms with E-state index in [4.69, 9.17) is 19.2 Å². The molecule has 3 aromatic rings. The quantitative estimate of drug-likeness (QED) is 0.299. The molecule has 2 heterocycles. The Labute approximate surface area is 213 Å². The number of amides is 1. The fourth-order valence-electron chi connectivity index (χ4n) is 4.13. The highest BCUT2D eigenvalue weighted by molar-refractivity contribution is 6.74. The van der Waals surface area contributed by atoms with Gasteiger partial charge in [0.2, 0.25) is 0 Å². The first kappa shape index (κ1) is 26.0. The number of hydrogen-bond acceptors (Lipinski definition) is 5. The maximum absolute atomic E-state index is 13.3. The maximum Gasteiger partial charge on any atom is 0.254 e. The Morgan fingerprint density at radius 2 is 1.89 bits per heavy atom. The van der Waals surface area contributed by atoms with Crippen LogP contribution in [0.3, 0.4) is 0 Å². The van der Waals surface area contributed by atoms with Crippen LogP contribution in [0.15, 0.2) is 54.7 Å². The minimum atomic E-state index is -2.18. The molecule has 2 aromatic carbocycles. The number of benzene rings is 2. The fourth-order valence-corrected chi connectivity index (χ4v) is 5.41. The van der Waals surface area contributed by atoms with Crippen molar-refractivity contribution < 1.29 is 18.7 Å². The monoisotopic (exact) mass is 505 g/mol. The third-order valence-corrected chi connectivity index (χ3v) is 11.7. The number of para-hydroxylation sites is 1. The second-order valence-corrected chi connectivity index (χ2v) is 15.5. The van der Waals surface area contributed by atoms with E-state index >= 15 is 0 Å². The summed E-state index contributed by atoms with van der Waals surface area (Å²) >= 11 is 0. The number of morpholine rings is 1. The molecule has 1 saturated heterocycles. The van der Waals surface area contributed by atoms with E-state index in [1.807, 2.05) is 54.7 Å². The molecule has 7 nitrogen and oxygen atoms in total. The van der Waals surface area contributed by atoms with Crippen molar-refractivity contribution in [3.63, 3.8) is 0 Å². The van der Waals surface area contributed by atoms with Crippen LogP contribution in [-0.4, -0.2) is 38.5 Å². The van der Waals surface area contributed by atoms with Gasteiger partial charge in [0, 0.05) is 22.7 Å². The number of rotatable bonds is 8. The Kier molecular flexibility index (Phi) is 7.55. The van der Waals surface area contributed by atoms with Crippen LogP contribution in [0, 0.1) is 11.3 Å². The Morgan fingerprint density at radius 3 is 2.56 bits per heavy atom. The van der Waals surface area contributed by atoms with Crippen molar-refractivity contribution in [3.05, 3.63) is 65.9 Å². The van der Waals surface area contributed by atoms with Crippen molar-refractivity contribution in [2.24, 2.45) is 0 Å². The summed E-state index contributed by atoms with van der Waals surface area (Å²) in [6.45, 7) is 11.7. The standard InChI is InChI=1S/C28H35N3O4Si/c1-28(2,3)36(4,5)35-25(19-11-13-20(14-12-19)33-16-8-15-29)24-18-34-26(27(32)31-24)22-17-30-23-10-7-6-9-21(22)23/h6-7,9-14,17,24-26,30H,8,16,18H2,1-5H3,(H,31,32)/t24-,25-,26-/m1/s1. The summed E-state index contributed by atoms with van der Waals surface area (Å²) in [5.41, 5.74) is 2.76. The molecule has 4 rings (SSSR count). The molecule has 190 valence electrons. The minimum Gasteiger partial charge on any atom is -0.493 e. The van der Waals surface area contributed by atoms with E-state index in [1.165, 1.54) is 0 Å². The molecule has 0 radical (unpaired) electrons. The number of aromatic nitrogens is 1. The number of ether oxygens (including phenoxy) is 2. The smallest absolute Gasteiger partial charge is 0.254 e. The van der Waals surface area contributed by atoms with Crippen LogP contribution in [0.5, 0.6) is 5.75 Å². The van der Waals surface area contributed by atoms with E-state index in [0.29, 0.717) is 25.4 Å². The lowest BCUT2D eigenvalue weighted by molar-refractivity contribution is -0.144. The number of nitrogens with one attached hydrogen (secondary N) is 2. The van der Waals surface area contributed by atoms with Gasteiger partial charge in [0.15, 0.2) is 14.4 Å². The number of carbonyl (C=O) groups excluding carboxylic acids is 1. The summed E-state index contributed by atoms with van der Waals surface area (Å²) in [6.07, 6.45) is 1.14. The Morgan fingerprint density at radius 1 is 1.17 bits per heavy atom. The first-order chi connectivity index (χ1) is 17.1. The van der Waals surface area contributed by atoms with Gasteiger partial charge in [-0.1, -0.05) is 51.1 Å². The van der Waals surface area contributed by atoms with Crippen molar-refractivity contribution >= 4 is 25.1 Å². The van der Waals surface area contributed by atoms with Crippen LogP contribution in [-0.2, 0) is 14.0 Å². The molecule has 1 amide bonds. The molecule has 1 aliphatic rings. The second-order valence-electron chi connectivity index (χ2n) is 10.7. The molecular weight excluding hydrogens is 470 g/mol. The Hall–Kier alpha value is -3.12. The molecule has 0 saturated carbocycles. The Balaban J connectivity index is 1.57. The van der Waals surface area contributed by atoms with Gasteiger partial charge < -0.3 is 24.2 Å². The van der Waals surface area contributed by atoms with Crippen molar-refractivity contribution in [1.29, 1.82) is 5.26 Å². The highest BCUT2D eigenvalue weighted by atomic mass is 28.4. The van der Waals surface area contributed by atoms with Crippen molar-refractivity contribution in [3.8, 4) is 11.8 Å². The molecule has 2 N–H and O–H groups in total. The van der Waals surface area contributed by atoms with E-state index in [0.717, 1.165) is 22.0 Å². The van der Waals surface area contributed by atoms with Crippen molar-refractivity contribution in [1.82, 2.24) is 10.3 Å². The third kappa shape index (κ3) is 5.49. The lowest BCUT2D eigenvalue weighted by atomic mass is 9.99. The largest absolute Gasteiger partial charge is 0.493 e. The molecule has 0 spiro atoms. The fraction of sp³-hybridized carbons (Fsp3) is 0.429. The van der Waals surface area contributed by atoms with Gasteiger partial charge in [-0.3, -0.25) is 4.79 Å². The van der Waals surface area contributed by atoms with Crippen molar-refractivity contribution in [2.75, 3.05) is 13.2 Å². The summed E-state index contributed by atoms with van der Waals surface area (Å²) in [6, 6.07) is 17.4. The molecule has 8 heteroatoms. The number of H-pyrrole nitrogens is 1. The number of nitriles is 1. The van der Waals surface area contributed by atoms with Gasteiger partial charge in [0.25, 0.3) is 5.91 Å². The van der Waals surface area contributed by atoms with Gasteiger partial charge >= 0.3 is 0 Å². The molecular formula is C28H35N3O4Si. The van der Waals surface area contributed by atoms with E-state index < -0.39 is 14.4 Å². The highest BCUT2D eigenvalue weighted by Crippen LogP contribution is 2.41. The Bertz CT molecular complexity index is 1240. The summed E-state index contributed by atoms with van der Waals surface area (Å²) in [5.74, 6) is 0.527. The topological polar surface area (TPSA) is 96.4 Å². The lowest BCUT2D eigenvalue weighted by Gasteiger charge is -2.43. The number of hydrogen-bond donors (Lipinski definition) is 2. The predicted molar refractivity (Wildman–Crippen MR) is 142 cm³/mol. The molecule has 0 unspecified atom stereocenters. The second kappa shape index (κ2) is 10.5. The number of aromatic amines is 1. The van der Waals surface area contributed by atoms with E-state index in [1.54, 1.807) is 0 Å². The maximum atomic E-state index is 13.3. The van der Waals surface area contributed by atoms with E-state index in [2.05, 4.69) is 50.2 Å². The van der Waals surface area contributed by atoms with Crippen LogP contribution < -0.4 is 10.1 Å². The van der Waals surface area contributed by atoms with Crippen LogP contribution >= 0.6 is 0 Å². The van der Waals surface area contributed by atoms with Crippen LogP contribution in [0.1, 0.15) is 50.5 Å². The molecule has 3 atom stereocenters. The first-order valence-electron chi connectivity index (χ1n) is 12.4. The molecule has 1 fully saturated rings. The zero-order valence-electron chi connectivity index (χ0n) is 21.6. The van der Waals surface area contributed by atoms with Gasteiger partial charge in [-0.15, -0.1) is 0 Å². The van der Waals surface area contributed by atoms with Crippen LogP contribution in [0.4, 0.5) is 0 Å². The molecule has 0 aliphatic carbocycles. The van der Waals surface area contributed by atoms with Gasteiger partial charge in [-0.25, -0.2) is 0 Å². The summed E-state index contributed by atoms with van der Waals surface area (Å²) in [4.78, 5) is 16.5. The van der Waals surface area contributed by atoms with Gasteiger partial charge in [-0.05, 0) is 41.9 Å². The first-order valence-corrected chi connectivity index (χ1v) is 15.3. The van der Waals surface area contributed by atoms with E-state index in [-0.39, 0.29) is 23.1 Å². The normalized spacial score (nSPS) is 19.5. The van der Waals surface area contributed by atoms with Crippen LogP contribution in [0.25, 0.3) is 10.9 Å².